The summed E-state index contributed by atoms with van der Waals surface area (Å²) in [4.78, 5) is 19.4. The van der Waals surface area contributed by atoms with Crippen LogP contribution in [-0.2, 0) is 0 Å². The topological polar surface area (TPSA) is 69.8 Å². The molecule has 1 saturated carbocycles. The highest BCUT2D eigenvalue weighted by molar-refractivity contribution is 6.04. The lowest BCUT2D eigenvalue weighted by Crippen LogP contribution is -2.43. The number of carbonyl (C=O) groups excluding carboxylic acids is 1. The molecule has 5 nitrogen and oxygen atoms in total. The molecule has 0 spiro atoms. The highest BCUT2D eigenvalue weighted by Gasteiger charge is 2.22. The van der Waals surface area contributed by atoms with Gasteiger partial charge in [0.15, 0.2) is 0 Å². The van der Waals surface area contributed by atoms with Gasteiger partial charge in [-0.3, -0.25) is 10.1 Å². The number of H-pyrrole nitrogens is 1. The number of benzene rings is 1. The molecule has 19 heavy (non-hydrogen) atoms. The van der Waals surface area contributed by atoms with Crippen LogP contribution in [0.1, 0.15) is 30.1 Å². The van der Waals surface area contributed by atoms with E-state index in [0.717, 1.165) is 23.5 Å². The number of hydrogen-bond donors (Lipinski definition) is 3. The van der Waals surface area contributed by atoms with Gasteiger partial charge in [-0.25, -0.2) is 4.98 Å². The molecule has 3 N–H and O–H groups in total. The molecular weight excluding hydrogens is 240 g/mol. The number of para-hydroxylation sites is 1. The number of aromatic nitrogens is 2. The molecular formula is C14H18N4O. The summed E-state index contributed by atoms with van der Waals surface area (Å²) in [6.45, 7) is 2.94. The molecule has 1 heterocycles. The Hall–Kier alpha value is -1.88. The van der Waals surface area contributed by atoms with Gasteiger partial charge in [-0.05, 0) is 44.4 Å². The quantitative estimate of drug-likeness (QED) is 0.714. The van der Waals surface area contributed by atoms with E-state index < -0.39 is 0 Å². The maximum Gasteiger partial charge on any atom is 0.254 e. The van der Waals surface area contributed by atoms with Gasteiger partial charge in [0.25, 0.3) is 5.91 Å². The third-order valence-corrected chi connectivity index (χ3v) is 3.45. The molecule has 0 aliphatic heterocycles. The van der Waals surface area contributed by atoms with Gasteiger partial charge in [-0.1, -0.05) is 6.07 Å². The summed E-state index contributed by atoms with van der Waals surface area (Å²) >= 11 is 0. The molecule has 0 bridgehead atoms. The summed E-state index contributed by atoms with van der Waals surface area (Å²) < 4.78 is 0. The second-order valence-electron chi connectivity index (χ2n) is 5.15. The van der Waals surface area contributed by atoms with Crippen LogP contribution in [0, 0.1) is 5.92 Å². The smallest absolute Gasteiger partial charge is 0.254 e. The minimum Gasteiger partial charge on any atom is -0.345 e. The summed E-state index contributed by atoms with van der Waals surface area (Å²) in [6.07, 6.45) is 4.19. The van der Waals surface area contributed by atoms with Crippen LogP contribution in [0.2, 0.25) is 0 Å². The predicted octanol–water partition coefficient (Wildman–Crippen LogP) is 1.64. The molecule has 1 aliphatic rings. The number of fused-ring (bicyclic) bond motifs is 1. The Labute approximate surface area is 111 Å². The van der Waals surface area contributed by atoms with Gasteiger partial charge in [-0.2, -0.15) is 0 Å². The Morgan fingerprint density at radius 2 is 2.37 bits per heavy atom. The van der Waals surface area contributed by atoms with Crippen LogP contribution in [-0.4, -0.2) is 28.6 Å². The number of amides is 1. The first-order valence-corrected chi connectivity index (χ1v) is 6.70. The van der Waals surface area contributed by atoms with E-state index in [1.54, 1.807) is 12.4 Å². The maximum absolute atomic E-state index is 12.2. The number of hydrogen-bond acceptors (Lipinski definition) is 3. The van der Waals surface area contributed by atoms with Crippen LogP contribution < -0.4 is 10.6 Å². The van der Waals surface area contributed by atoms with Gasteiger partial charge in [0.2, 0.25) is 0 Å². The SMILES string of the molecule is CC(NCC1CC1)NC(=O)c1cccc2[nH]cnc12. The fourth-order valence-electron chi connectivity index (χ4n) is 2.14. The number of rotatable bonds is 5. The van der Waals surface area contributed by atoms with Crippen molar-refractivity contribution in [3.8, 4) is 0 Å². The molecule has 1 aromatic carbocycles. The molecule has 1 aliphatic carbocycles. The second-order valence-corrected chi connectivity index (χ2v) is 5.15. The maximum atomic E-state index is 12.2. The zero-order valence-electron chi connectivity index (χ0n) is 10.9. The van der Waals surface area contributed by atoms with Crippen LogP contribution in [0.4, 0.5) is 0 Å². The lowest BCUT2D eigenvalue weighted by molar-refractivity contribution is 0.0934. The van der Waals surface area contributed by atoms with Gasteiger partial charge >= 0.3 is 0 Å². The summed E-state index contributed by atoms with van der Waals surface area (Å²) in [5.41, 5.74) is 2.21. The van der Waals surface area contributed by atoms with Crippen molar-refractivity contribution in [3.05, 3.63) is 30.1 Å². The first kappa shape index (κ1) is 12.2. The van der Waals surface area contributed by atoms with Crippen LogP contribution in [0.5, 0.6) is 0 Å². The van der Waals surface area contributed by atoms with E-state index >= 15 is 0 Å². The van der Waals surface area contributed by atoms with Crippen molar-refractivity contribution in [2.24, 2.45) is 5.92 Å². The van der Waals surface area contributed by atoms with E-state index in [-0.39, 0.29) is 12.1 Å². The van der Waals surface area contributed by atoms with Gasteiger partial charge < -0.3 is 10.3 Å². The fourth-order valence-corrected chi connectivity index (χ4v) is 2.14. The number of imidazole rings is 1. The Balaban J connectivity index is 1.67. The summed E-state index contributed by atoms with van der Waals surface area (Å²) in [6, 6.07) is 5.57. The lowest BCUT2D eigenvalue weighted by Gasteiger charge is -2.15. The van der Waals surface area contributed by atoms with Gasteiger partial charge in [-0.15, -0.1) is 0 Å². The molecule has 1 fully saturated rings. The van der Waals surface area contributed by atoms with Crippen molar-refractivity contribution in [1.82, 2.24) is 20.6 Å². The Bertz CT molecular complexity index is 588. The molecule has 1 aromatic heterocycles. The average Bonchev–Trinajstić information content (AvgIpc) is 3.11. The highest BCUT2D eigenvalue weighted by atomic mass is 16.1. The van der Waals surface area contributed by atoms with Crippen LogP contribution in [0.25, 0.3) is 11.0 Å². The van der Waals surface area contributed by atoms with Gasteiger partial charge in [0.05, 0.1) is 23.6 Å². The normalized spacial score (nSPS) is 16.5. The molecule has 5 heteroatoms. The first-order chi connectivity index (χ1) is 9.24. The summed E-state index contributed by atoms with van der Waals surface area (Å²) in [7, 11) is 0. The second kappa shape index (κ2) is 5.01. The molecule has 0 saturated heterocycles. The fraction of sp³-hybridized carbons (Fsp3) is 0.429. The predicted molar refractivity (Wildman–Crippen MR) is 73.7 cm³/mol. The minimum absolute atomic E-state index is 0.0257. The third kappa shape index (κ3) is 2.76. The van der Waals surface area contributed by atoms with E-state index in [4.69, 9.17) is 0 Å². The zero-order valence-corrected chi connectivity index (χ0v) is 10.9. The molecule has 2 aromatic rings. The Morgan fingerprint density at radius 3 is 3.16 bits per heavy atom. The van der Waals surface area contributed by atoms with E-state index in [9.17, 15) is 4.79 Å². The van der Waals surface area contributed by atoms with E-state index in [1.165, 1.54) is 12.8 Å². The van der Waals surface area contributed by atoms with E-state index in [2.05, 4.69) is 20.6 Å². The van der Waals surface area contributed by atoms with Crippen molar-refractivity contribution in [1.29, 1.82) is 0 Å². The van der Waals surface area contributed by atoms with Crippen molar-refractivity contribution in [2.75, 3.05) is 6.54 Å². The average molecular weight is 258 g/mol. The third-order valence-electron chi connectivity index (χ3n) is 3.45. The molecule has 1 atom stereocenters. The highest BCUT2D eigenvalue weighted by Crippen LogP contribution is 2.27. The Kier molecular flexibility index (Phi) is 3.21. The largest absolute Gasteiger partial charge is 0.345 e. The molecule has 3 rings (SSSR count). The molecule has 1 amide bonds. The zero-order chi connectivity index (χ0) is 13.2. The monoisotopic (exact) mass is 258 g/mol. The van der Waals surface area contributed by atoms with Crippen molar-refractivity contribution in [3.63, 3.8) is 0 Å². The number of nitrogens with one attached hydrogen (secondary N) is 3. The summed E-state index contributed by atoms with van der Waals surface area (Å²) in [5.74, 6) is 0.711. The number of nitrogens with zero attached hydrogens (tertiary/aromatic N) is 1. The van der Waals surface area contributed by atoms with Crippen LogP contribution in [0.3, 0.4) is 0 Å². The minimum atomic E-state index is -0.0894. The van der Waals surface area contributed by atoms with Crippen LogP contribution in [0.15, 0.2) is 24.5 Å². The van der Waals surface area contributed by atoms with Crippen molar-refractivity contribution < 1.29 is 4.79 Å². The number of aromatic amines is 1. The Morgan fingerprint density at radius 1 is 1.53 bits per heavy atom. The standard InChI is InChI=1S/C14H18N4O/c1-9(15-7-10-5-6-10)18-14(19)11-3-2-4-12-13(11)17-8-16-12/h2-4,8-10,15H,5-7H2,1H3,(H,16,17)(H,18,19). The number of carbonyl (C=O) groups is 1. The van der Waals surface area contributed by atoms with Crippen molar-refractivity contribution in [2.45, 2.75) is 25.9 Å². The summed E-state index contributed by atoms with van der Waals surface area (Å²) in [5, 5.41) is 6.28. The van der Waals surface area contributed by atoms with Gasteiger partial charge in [0.1, 0.15) is 5.52 Å². The first-order valence-electron chi connectivity index (χ1n) is 6.70. The molecule has 100 valence electrons. The molecule has 0 radical (unpaired) electrons. The van der Waals surface area contributed by atoms with E-state index in [1.807, 2.05) is 19.1 Å². The molecule has 1 unspecified atom stereocenters. The van der Waals surface area contributed by atoms with E-state index in [0.29, 0.717) is 5.56 Å². The van der Waals surface area contributed by atoms with Gasteiger partial charge in [0, 0.05) is 0 Å². The van der Waals surface area contributed by atoms with Crippen molar-refractivity contribution >= 4 is 16.9 Å². The lowest BCUT2D eigenvalue weighted by atomic mass is 10.1. The van der Waals surface area contributed by atoms with Crippen LogP contribution >= 0.6 is 0 Å².